The van der Waals surface area contributed by atoms with Gasteiger partial charge in [0.25, 0.3) is 0 Å². The zero-order valence-corrected chi connectivity index (χ0v) is 26.4. The predicted octanol–water partition coefficient (Wildman–Crippen LogP) is 8.10. The van der Waals surface area contributed by atoms with Gasteiger partial charge in [0.05, 0.1) is 0 Å². The lowest BCUT2D eigenvalue weighted by Gasteiger charge is -2.25. The molecule has 0 atom stereocenters. The lowest BCUT2D eigenvalue weighted by molar-refractivity contribution is 0.256. The van der Waals surface area contributed by atoms with Crippen molar-refractivity contribution >= 4 is 34.0 Å². The summed E-state index contributed by atoms with van der Waals surface area (Å²) in [6.07, 6.45) is 0. The van der Waals surface area contributed by atoms with Gasteiger partial charge in [-0.3, -0.25) is 14.7 Å². The van der Waals surface area contributed by atoms with Crippen LogP contribution in [-0.4, -0.2) is 34.3 Å². The highest BCUT2D eigenvalue weighted by Gasteiger charge is 2.24. The molecule has 0 aliphatic carbocycles. The maximum Gasteiger partial charge on any atom is 0.0251 e. The molecule has 4 rings (SSSR count). The summed E-state index contributed by atoms with van der Waals surface area (Å²) in [5, 5.41) is 0. The number of aryl methyl sites for hydroxylation is 6. The third kappa shape index (κ3) is 5.69. The van der Waals surface area contributed by atoms with E-state index < -0.39 is 0 Å². The summed E-state index contributed by atoms with van der Waals surface area (Å²) in [4.78, 5) is 17.0. The van der Waals surface area contributed by atoms with Crippen LogP contribution in [0.15, 0.2) is 0 Å². The molecule has 4 heterocycles. The molecule has 0 fully saturated rings. The summed E-state index contributed by atoms with van der Waals surface area (Å²) in [7, 11) is 0. The average molecular weight is 544 g/mol. The molecule has 0 spiro atoms. The Kier molecular flexibility index (Phi) is 9.17. The van der Waals surface area contributed by atoms with Crippen LogP contribution in [0, 0.1) is 41.5 Å². The van der Waals surface area contributed by atoms with Crippen molar-refractivity contribution in [3.8, 4) is 0 Å². The van der Waals surface area contributed by atoms with Gasteiger partial charge in [-0.25, -0.2) is 0 Å². The van der Waals surface area contributed by atoms with E-state index in [1.54, 1.807) is 33.4 Å². The van der Waals surface area contributed by atoms with Crippen LogP contribution < -0.4 is 0 Å². The Morgan fingerprint density at radius 1 is 0.389 bits per heavy atom. The van der Waals surface area contributed by atoms with Gasteiger partial charge in [0.1, 0.15) is 0 Å². The van der Waals surface area contributed by atoms with Gasteiger partial charge >= 0.3 is 0 Å². The summed E-state index contributed by atoms with van der Waals surface area (Å²) >= 11 is 5.99. The van der Waals surface area contributed by atoms with Crippen LogP contribution >= 0.6 is 34.0 Å². The highest BCUT2D eigenvalue weighted by molar-refractivity contribution is 7.12. The SMILES string of the molecule is CCN1Cc2c(C)sc(C)c2CN(CC)Cc2c(C)sc(C)c2CN(CC)Cc2c(C)sc(C)c2C1. The van der Waals surface area contributed by atoms with Crippen molar-refractivity contribution in [2.75, 3.05) is 19.6 Å². The molecular formula is C30H45N3S3. The molecule has 0 N–H and O–H groups in total. The van der Waals surface area contributed by atoms with Crippen LogP contribution in [0.3, 0.4) is 0 Å². The van der Waals surface area contributed by atoms with Crippen LogP contribution in [0.4, 0.5) is 0 Å². The molecule has 3 aromatic heterocycles. The van der Waals surface area contributed by atoms with E-state index in [4.69, 9.17) is 0 Å². The van der Waals surface area contributed by atoms with Gasteiger partial charge in [-0.1, -0.05) is 20.8 Å². The van der Waals surface area contributed by atoms with Crippen LogP contribution in [0.5, 0.6) is 0 Å². The summed E-state index contributed by atoms with van der Waals surface area (Å²) < 4.78 is 0. The second kappa shape index (κ2) is 11.8. The van der Waals surface area contributed by atoms with E-state index in [2.05, 4.69) is 77.0 Å². The van der Waals surface area contributed by atoms with E-state index in [9.17, 15) is 0 Å². The summed E-state index contributed by atoms with van der Waals surface area (Å²) in [6, 6.07) is 0. The van der Waals surface area contributed by atoms with Gasteiger partial charge in [-0.2, -0.15) is 0 Å². The number of hydrogen-bond acceptors (Lipinski definition) is 6. The Balaban J connectivity index is 1.85. The highest BCUT2D eigenvalue weighted by atomic mass is 32.1. The van der Waals surface area contributed by atoms with Crippen molar-refractivity contribution < 1.29 is 0 Å². The Morgan fingerprint density at radius 2 is 0.556 bits per heavy atom. The van der Waals surface area contributed by atoms with Gasteiger partial charge in [0, 0.05) is 68.5 Å². The normalized spacial score (nSPS) is 16.9. The second-order valence-corrected chi connectivity index (χ2v) is 14.7. The first-order valence-corrected chi connectivity index (χ1v) is 16.0. The zero-order valence-electron chi connectivity index (χ0n) is 23.9. The Bertz CT molecular complexity index is 972. The first-order valence-electron chi connectivity index (χ1n) is 13.6. The topological polar surface area (TPSA) is 9.72 Å². The monoisotopic (exact) mass is 543 g/mol. The van der Waals surface area contributed by atoms with Crippen molar-refractivity contribution in [3.63, 3.8) is 0 Å². The van der Waals surface area contributed by atoms with E-state index in [0.717, 1.165) is 58.9 Å². The van der Waals surface area contributed by atoms with Crippen LogP contribution in [0.1, 0.15) is 83.4 Å². The highest BCUT2D eigenvalue weighted by Crippen LogP contribution is 2.36. The van der Waals surface area contributed by atoms with E-state index in [-0.39, 0.29) is 0 Å². The molecule has 0 unspecified atom stereocenters. The number of rotatable bonds is 3. The molecule has 0 saturated carbocycles. The maximum atomic E-state index is 2.67. The van der Waals surface area contributed by atoms with E-state index >= 15 is 0 Å². The molecule has 36 heavy (non-hydrogen) atoms. The Hall–Kier alpha value is -1.02. The standard InChI is InChI=1S/C30H45N3S3/c1-10-31-13-25-19(4)34-21(6)27(25)15-32(11-2)17-29-23(8)36-24(9)30(29)18-33(12-3)16-28-22(7)35-20(5)26(28)14-31/h10-18H2,1-9H3. The molecule has 6 heteroatoms. The number of hydrogen-bond donors (Lipinski definition) is 0. The smallest absolute Gasteiger partial charge is 0.0251 e. The molecule has 3 aromatic rings. The molecule has 0 amide bonds. The quantitative estimate of drug-likeness (QED) is 0.330. The lowest BCUT2D eigenvalue weighted by atomic mass is 10.0. The average Bonchev–Trinajstić information content (AvgIpc) is 3.36. The largest absolute Gasteiger partial charge is 0.295 e. The van der Waals surface area contributed by atoms with Crippen LogP contribution in [0.25, 0.3) is 0 Å². The van der Waals surface area contributed by atoms with Crippen molar-refractivity contribution in [1.29, 1.82) is 0 Å². The minimum atomic E-state index is 1.05. The lowest BCUT2D eigenvalue weighted by Crippen LogP contribution is -2.26. The third-order valence-electron chi connectivity index (χ3n) is 8.19. The minimum absolute atomic E-state index is 1.05. The van der Waals surface area contributed by atoms with Gasteiger partial charge < -0.3 is 0 Å². The van der Waals surface area contributed by atoms with Gasteiger partial charge in [0.2, 0.25) is 0 Å². The fourth-order valence-corrected chi connectivity index (χ4v) is 9.00. The summed E-state index contributed by atoms with van der Waals surface area (Å²) in [5.74, 6) is 0. The number of nitrogens with zero attached hydrogens (tertiary/aromatic N) is 3. The molecule has 0 radical (unpaired) electrons. The fourth-order valence-electron chi connectivity index (χ4n) is 5.75. The first-order chi connectivity index (χ1) is 17.2. The maximum absolute atomic E-state index is 2.67. The summed E-state index contributed by atoms with van der Waals surface area (Å²) in [6.45, 7) is 30.5. The fraction of sp³-hybridized carbons (Fsp3) is 0.600. The van der Waals surface area contributed by atoms with E-state index in [1.165, 1.54) is 29.3 Å². The number of fused-ring (bicyclic) bond motifs is 3. The van der Waals surface area contributed by atoms with Crippen molar-refractivity contribution in [1.82, 2.24) is 14.7 Å². The predicted molar refractivity (Wildman–Crippen MR) is 161 cm³/mol. The molecule has 198 valence electrons. The first kappa shape index (κ1) is 28.0. The molecule has 0 saturated heterocycles. The van der Waals surface area contributed by atoms with Crippen molar-refractivity contribution in [2.45, 2.75) is 102 Å². The van der Waals surface area contributed by atoms with Gasteiger partial charge in [-0.05, 0) is 94.6 Å². The molecule has 0 aromatic carbocycles. The van der Waals surface area contributed by atoms with Crippen molar-refractivity contribution in [2.24, 2.45) is 0 Å². The number of thiophene rings is 3. The third-order valence-corrected chi connectivity index (χ3v) is 11.5. The molecule has 3 nitrogen and oxygen atoms in total. The van der Waals surface area contributed by atoms with Crippen molar-refractivity contribution in [3.05, 3.63) is 62.6 Å². The zero-order chi connectivity index (χ0) is 26.1. The van der Waals surface area contributed by atoms with Gasteiger partial charge in [-0.15, -0.1) is 34.0 Å². The van der Waals surface area contributed by atoms with E-state index in [0.29, 0.717) is 0 Å². The van der Waals surface area contributed by atoms with Crippen LogP contribution in [0.2, 0.25) is 0 Å². The second-order valence-electron chi connectivity index (χ2n) is 10.4. The molecule has 1 aliphatic heterocycles. The Labute approximate surface area is 231 Å². The molecule has 0 bridgehead atoms. The van der Waals surface area contributed by atoms with Gasteiger partial charge in [0.15, 0.2) is 0 Å². The Morgan fingerprint density at radius 3 is 0.694 bits per heavy atom. The molecule has 1 aliphatic rings. The minimum Gasteiger partial charge on any atom is -0.295 e. The summed E-state index contributed by atoms with van der Waals surface area (Å²) in [5.41, 5.74) is 9.46. The van der Waals surface area contributed by atoms with E-state index in [1.807, 2.05) is 34.0 Å². The van der Waals surface area contributed by atoms with Crippen LogP contribution in [-0.2, 0) is 39.3 Å². The molecular weight excluding hydrogens is 499 g/mol.